The number of hydrogen-bond acceptors (Lipinski definition) is 5. The van der Waals surface area contributed by atoms with Gasteiger partial charge in [0.05, 0.1) is 6.61 Å². The van der Waals surface area contributed by atoms with Crippen molar-refractivity contribution in [2.45, 2.75) is 13.3 Å². The van der Waals surface area contributed by atoms with Crippen molar-refractivity contribution in [3.8, 4) is 0 Å². The second-order valence-corrected chi connectivity index (χ2v) is 5.07. The molecule has 0 saturated carbocycles. The van der Waals surface area contributed by atoms with Crippen LogP contribution in [0.4, 0.5) is 0 Å². The van der Waals surface area contributed by atoms with E-state index in [0.29, 0.717) is 12.0 Å². The Kier molecular flexibility index (Phi) is 10.8. The number of amides is 1. The predicted molar refractivity (Wildman–Crippen MR) is 69.6 cm³/mol. The summed E-state index contributed by atoms with van der Waals surface area (Å²) < 4.78 is 32.3. The van der Waals surface area contributed by atoms with Gasteiger partial charge in [-0.1, -0.05) is 6.58 Å². The first-order valence-corrected chi connectivity index (χ1v) is 6.59. The molecule has 0 heterocycles. The Labute approximate surface area is 109 Å². The van der Waals surface area contributed by atoms with Crippen molar-refractivity contribution in [3.05, 3.63) is 12.2 Å². The van der Waals surface area contributed by atoms with Gasteiger partial charge in [-0.15, -0.1) is 0 Å². The molecule has 108 valence electrons. The molecule has 0 aliphatic rings. The third-order valence-electron chi connectivity index (χ3n) is 1.23. The maximum absolute atomic E-state index is 10.9. The highest BCUT2D eigenvalue weighted by Gasteiger charge is 2.04. The maximum atomic E-state index is 10.9. The average molecular weight is 282 g/mol. The van der Waals surface area contributed by atoms with Crippen LogP contribution in [0.5, 0.6) is 0 Å². The zero-order valence-corrected chi connectivity index (χ0v) is 12.1. The van der Waals surface area contributed by atoms with E-state index < -0.39 is 10.4 Å². The van der Waals surface area contributed by atoms with Gasteiger partial charge in [-0.05, 0) is 34.5 Å². The van der Waals surface area contributed by atoms with Crippen LogP contribution < -0.4 is 5.32 Å². The van der Waals surface area contributed by atoms with Crippen LogP contribution in [0, 0.1) is 0 Å². The van der Waals surface area contributed by atoms with Crippen molar-refractivity contribution in [2.24, 2.45) is 0 Å². The monoisotopic (exact) mass is 282 g/mol. The van der Waals surface area contributed by atoms with Crippen LogP contribution in [0.25, 0.3) is 0 Å². The van der Waals surface area contributed by atoms with Crippen LogP contribution in [0.1, 0.15) is 13.3 Å². The summed E-state index contributed by atoms with van der Waals surface area (Å²) in [6.45, 7) is 5.07. The fourth-order valence-corrected chi connectivity index (χ4v) is 0.918. The van der Waals surface area contributed by atoms with E-state index in [0.717, 1.165) is 0 Å². The SMILES string of the molecule is C=C(C)C(=O)NCCCOS(=O)(=O)O.CN(C)C. The third kappa shape index (κ3) is 20.5. The highest BCUT2D eigenvalue weighted by molar-refractivity contribution is 7.80. The molecule has 0 spiro atoms. The quantitative estimate of drug-likeness (QED) is 0.406. The second kappa shape index (κ2) is 10.0. The van der Waals surface area contributed by atoms with E-state index >= 15 is 0 Å². The highest BCUT2D eigenvalue weighted by atomic mass is 32.3. The number of rotatable bonds is 6. The molecule has 18 heavy (non-hydrogen) atoms. The van der Waals surface area contributed by atoms with Crippen molar-refractivity contribution in [1.82, 2.24) is 10.2 Å². The summed E-state index contributed by atoms with van der Waals surface area (Å²) in [5, 5.41) is 2.47. The molecule has 0 aromatic carbocycles. The van der Waals surface area contributed by atoms with Crippen LogP contribution in [-0.2, 0) is 19.4 Å². The van der Waals surface area contributed by atoms with Gasteiger partial charge in [-0.25, -0.2) is 4.18 Å². The van der Waals surface area contributed by atoms with Gasteiger partial charge in [0, 0.05) is 12.1 Å². The molecule has 0 rings (SSSR count). The fourth-order valence-electron chi connectivity index (χ4n) is 0.589. The molecule has 0 aliphatic heterocycles. The first-order chi connectivity index (χ1) is 8.06. The number of carbonyl (C=O) groups is 1. The molecule has 0 radical (unpaired) electrons. The van der Waals surface area contributed by atoms with E-state index in [1.807, 2.05) is 26.0 Å². The normalized spacial score (nSPS) is 10.6. The maximum Gasteiger partial charge on any atom is 0.397 e. The molecule has 0 saturated heterocycles. The lowest BCUT2D eigenvalue weighted by atomic mass is 10.3. The Morgan fingerprint density at radius 3 is 2.17 bits per heavy atom. The molecule has 0 fully saturated rings. The zero-order chi connectivity index (χ0) is 14.8. The number of nitrogens with zero attached hydrogens (tertiary/aromatic N) is 1. The second-order valence-electron chi connectivity index (χ2n) is 3.98. The Morgan fingerprint density at radius 1 is 1.39 bits per heavy atom. The van der Waals surface area contributed by atoms with Crippen LogP contribution in [-0.4, -0.2) is 58.1 Å². The van der Waals surface area contributed by atoms with Crippen molar-refractivity contribution in [3.63, 3.8) is 0 Å². The molecule has 2 N–H and O–H groups in total. The van der Waals surface area contributed by atoms with Gasteiger partial charge in [0.2, 0.25) is 5.91 Å². The minimum Gasteiger partial charge on any atom is -0.352 e. The van der Waals surface area contributed by atoms with Crippen molar-refractivity contribution >= 4 is 16.3 Å². The number of hydrogen-bond donors (Lipinski definition) is 2. The van der Waals surface area contributed by atoms with E-state index in [9.17, 15) is 13.2 Å². The van der Waals surface area contributed by atoms with Crippen LogP contribution >= 0.6 is 0 Å². The molecule has 0 atom stereocenters. The van der Waals surface area contributed by atoms with E-state index in [1.165, 1.54) is 0 Å². The first-order valence-electron chi connectivity index (χ1n) is 5.22. The minimum absolute atomic E-state index is 0.171. The van der Waals surface area contributed by atoms with Crippen LogP contribution in [0.2, 0.25) is 0 Å². The predicted octanol–water partition coefficient (Wildman–Crippen LogP) is 0.0660. The van der Waals surface area contributed by atoms with Gasteiger partial charge in [0.1, 0.15) is 0 Å². The lowest BCUT2D eigenvalue weighted by molar-refractivity contribution is -0.117. The molecule has 8 heteroatoms. The molecule has 0 unspecified atom stereocenters. The van der Waals surface area contributed by atoms with Gasteiger partial charge < -0.3 is 10.2 Å². The Balaban J connectivity index is 0. The van der Waals surface area contributed by atoms with Gasteiger partial charge in [-0.3, -0.25) is 9.35 Å². The van der Waals surface area contributed by atoms with E-state index in [1.54, 1.807) is 6.92 Å². The smallest absolute Gasteiger partial charge is 0.352 e. The van der Waals surface area contributed by atoms with Crippen molar-refractivity contribution < 1.29 is 21.9 Å². The summed E-state index contributed by atoms with van der Waals surface area (Å²) in [5.74, 6) is -0.295. The number of nitrogens with one attached hydrogen (secondary N) is 1. The molecule has 0 bridgehead atoms. The van der Waals surface area contributed by atoms with E-state index in [2.05, 4.69) is 16.1 Å². The summed E-state index contributed by atoms with van der Waals surface area (Å²) in [7, 11) is 1.63. The van der Waals surface area contributed by atoms with Crippen molar-refractivity contribution in [1.29, 1.82) is 0 Å². The summed E-state index contributed by atoms with van der Waals surface area (Å²) in [4.78, 5) is 12.9. The Hall–Kier alpha value is -0.960. The largest absolute Gasteiger partial charge is 0.397 e. The van der Waals surface area contributed by atoms with Crippen LogP contribution in [0.3, 0.4) is 0 Å². The van der Waals surface area contributed by atoms with Gasteiger partial charge >= 0.3 is 10.4 Å². The third-order valence-corrected chi connectivity index (χ3v) is 1.69. The molecular formula is C10H22N2O5S. The Morgan fingerprint density at radius 2 is 1.83 bits per heavy atom. The standard InChI is InChI=1S/C7H13NO5S.C3H9N/c1-6(2)7(9)8-4-3-5-13-14(10,11)12;1-4(2)3/h1,3-5H2,2H3,(H,8,9)(H,10,11,12);1-3H3. The number of carbonyl (C=O) groups excluding carboxylic acids is 1. The summed E-state index contributed by atoms with van der Waals surface area (Å²) >= 11 is 0. The molecule has 0 aromatic heterocycles. The van der Waals surface area contributed by atoms with Gasteiger partial charge in [0.15, 0.2) is 0 Å². The summed E-state index contributed by atoms with van der Waals surface area (Å²) in [5.41, 5.74) is 0.376. The summed E-state index contributed by atoms with van der Waals surface area (Å²) in [6, 6.07) is 0. The molecule has 7 nitrogen and oxygen atoms in total. The molecule has 0 aromatic rings. The molecule has 0 aliphatic carbocycles. The topological polar surface area (TPSA) is 95.9 Å². The van der Waals surface area contributed by atoms with Gasteiger partial charge in [-0.2, -0.15) is 8.42 Å². The lowest BCUT2D eigenvalue weighted by Crippen LogP contribution is -2.25. The lowest BCUT2D eigenvalue weighted by Gasteiger charge is -2.03. The summed E-state index contributed by atoms with van der Waals surface area (Å²) in [6.07, 6.45) is 0.290. The minimum atomic E-state index is -4.37. The Bertz CT molecular complexity index is 349. The van der Waals surface area contributed by atoms with E-state index in [-0.39, 0.29) is 19.1 Å². The fraction of sp³-hybridized carbons (Fsp3) is 0.700. The van der Waals surface area contributed by atoms with Crippen molar-refractivity contribution in [2.75, 3.05) is 34.3 Å². The molecular weight excluding hydrogens is 260 g/mol. The first kappa shape index (κ1) is 19.4. The molecule has 1 amide bonds. The van der Waals surface area contributed by atoms with E-state index in [4.69, 9.17) is 4.55 Å². The average Bonchev–Trinajstić information content (AvgIpc) is 2.13. The van der Waals surface area contributed by atoms with Crippen LogP contribution in [0.15, 0.2) is 12.2 Å². The highest BCUT2D eigenvalue weighted by Crippen LogP contribution is 1.90. The van der Waals surface area contributed by atoms with Gasteiger partial charge in [0.25, 0.3) is 0 Å². The zero-order valence-electron chi connectivity index (χ0n) is 11.3.